The van der Waals surface area contributed by atoms with E-state index in [0.717, 1.165) is 0 Å². The molecule has 0 fully saturated rings. The number of ether oxygens (including phenoxy) is 5. The third-order valence-corrected chi connectivity index (χ3v) is 7.94. The number of hydrogen-bond donors (Lipinski definition) is 0. The van der Waals surface area contributed by atoms with Gasteiger partial charge in [0.2, 0.25) is 0 Å². The Hall–Kier alpha value is -5.09. The van der Waals surface area contributed by atoms with Gasteiger partial charge in [-0.15, -0.1) is 0 Å². The standard InChI is InChI=1S/C34H32N2O7S/c1-6-18-43-31-23(14-11-15-25(31)40-4)20-27-32(37)36-30(22-16-17-24(39-3)26(19-22)41-5)28(33(38)42-7-2)29(35-34(36)44-27)21-12-9-8-10-13-21/h6,8-17,19-20,30H,1,7,18H2,2-5H3/b27-20-/t30-/m1/s1. The molecule has 0 radical (unpaired) electrons. The number of nitrogens with zero attached hydrogens (tertiary/aromatic N) is 2. The summed E-state index contributed by atoms with van der Waals surface area (Å²) < 4.78 is 29.9. The van der Waals surface area contributed by atoms with E-state index in [9.17, 15) is 9.59 Å². The Balaban J connectivity index is 1.83. The highest BCUT2D eigenvalue weighted by Crippen LogP contribution is 2.38. The lowest BCUT2D eigenvalue weighted by atomic mass is 9.93. The SMILES string of the molecule is C=CCOc1c(/C=c2\sc3n(c2=O)[C@H](c2ccc(OC)c(OC)c2)C(C(=O)OCC)=C(c2ccccc2)N=3)cccc1OC. The molecule has 0 spiro atoms. The lowest BCUT2D eigenvalue weighted by molar-refractivity contribution is -0.138. The minimum atomic E-state index is -0.871. The van der Waals surface area contributed by atoms with Crippen LogP contribution in [-0.4, -0.2) is 45.1 Å². The number of rotatable bonds is 11. The summed E-state index contributed by atoms with van der Waals surface area (Å²) in [7, 11) is 4.63. The Morgan fingerprint density at radius 3 is 2.41 bits per heavy atom. The maximum absolute atomic E-state index is 14.3. The molecule has 3 aromatic carbocycles. The Morgan fingerprint density at radius 1 is 0.977 bits per heavy atom. The number of fused-ring (bicyclic) bond motifs is 1. The molecule has 0 aliphatic carbocycles. The molecule has 0 saturated carbocycles. The molecule has 2 heterocycles. The molecule has 1 aliphatic heterocycles. The van der Waals surface area contributed by atoms with Crippen LogP contribution in [0.25, 0.3) is 11.8 Å². The van der Waals surface area contributed by atoms with Crippen molar-refractivity contribution in [2.75, 3.05) is 34.5 Å². The zero-order valence-electron chi connectivity index (χ0n) is 24.9. The van der Waals surface area contributed by atoms with Crippen molar-refractivity contribution in [1.82, 2.24) is 4.57 Å². The highest BCUT2D eigenvalue weighted by Gasteiger charge is 2.35. The Bertz CT molecular complexity index is 1910. The number of benzene rings is 3. The van der Waals surface area contributed by atoms with Crippen molar-refractivity contribution in [3.05, 3.63) is 121 Å². The number of hydrogen-bond acceptors (Lipinski definition) is 9. The molecule has 0 amide bonds. The van der Waals surface area contributed by atoms with Gasteiger partial charge in [0.15, 0.2) is 27.8 Å². The lowest BCUT2D eigenvalue weighted by Gasteiger charge is -2.26. The second-order valence-electron chi connectivity index (χ2n) is 9.52. The molecule has 10 heteroatoms. The summed E-state index contributed by atoms with van der Waals surface area (Å²) in [6.45, 7) is 5.87. The first-order chi connectivity index (χ1) is 21.4. The van der Waals surface area contributed by atoms with E-state index < -0.39 is 12.0 Å². The number of aromatic nitrogens is 1. The Kier molecular flexibility index (Phi) is 9.30. The molecule has 226 valence electrons. The number of para-hydroxylation sites is 1. The Labute approximate surface area is 258 Å². The molecular weight excluding hydrogens is 580 g/mol. The van der Waals surface area contributed by atoms with Crippen molar-refractivity contribution < 1.29 is 28.5 Å². The number of carbonyl (C=O) groups excluding carboxylic acids is 1. The fraction of sp³-hybridized carbons (Fsp3) is 0.206. The maximum atomic E-state index is 14.3. The maximum Gasteiger partial charge on any atom is 0.338 e. The third kappa shape index (κ3) is 5.76. The molecule has 4 aromatic rings. The van der Waals surface area contributed by atoms with Crippen molar-refractivity contribution in [2.45, 2.75) is 13.0 Å². The van der Waals surface area contributed by atoms with Crippen molar-refractivity contribution in [3.63, 3.8) is 0 Å². The molecule has 0 N–H and O–H groups in total. The van der Waals surface area contributed by atoms with Gasteiger partial charge < -0.3 is 23.7 Å². The summed E-state index contributed by atoms with van der Waals surface area (Å²) in [6.07, 6.45) is 3.38. The van der Waals surface area contributed by atoms with Crippen LogP contribution in [0.1, 0.15) is 29.7 Å². The van der Waals surface area contributed by atoms with E-state index in [0.29, 0.717) is 54.7 Å². The molecule has 0 saturated heterocycles. The van der Waals surface area contributed by atoms with Gasteiger partial charge in [-0.25, -0.2) is 9.79 Å². The van der Waals surface area contributed by atoms with Gasteiger partial charge in [0, 0.05) is 11.1 Å². The fourth-order valence-corrected chi connectivity index (χ4v) is 6.02. The van der Waals surface area contributed by atoms with Crippen LogP contribution in [0.4, 0.5) is 0 Å². The molecule has 44 heavy (non-hydrogen) atoms. The number of carbonyl (C=O) groups is 1. The van der Waals surface area contributed by atoms with E-state index in [1.54, 1.807) is 57.6 Å². The minimum Gasteiger partial charge on any atom is -0.493 e. The average Bonchev–Trinajstić information content (AvgIpc) is 3.37. The second-order valence-corrected chi connectivity index (χ2v) is 10.5. The van der Waals surface area contributed by atoms with E-state index in [2.05, 4.69) is 6.58 Å². The van der Waals surface area contributed by atoms with E-state index >= 15 is 0 Å². The molecule has 9 nitrogen and oxygen atoms in total. The molecule has 0 unspecified atom stereocenters. The summed E-state index contributed by atoms with van der Waals surface area (Å²) in [5.41, 5.74) is 2.31. The van der Waals surface area contributed by atoms with Gasteiger partial charge in [-0.05, 0) is 36.8 Å². The topological polar surface area (TPSA) is 97.6 Å². The summed E-state index contributed by atoms with van der Waals surface area (Å²) in [6, 6.07) is 19.3. The van der Waals surface area contributed by atoms with Crippen LogP contribution in [0.15, 0.2) is 94.7 Å². The summed E-state index contributed by atoms with van der Waals surface area (Å²) in [5, 5.41) is 0. The van der Waals surface area contributed by atoms with Crippen molar-refractivity contribution in [3.8, 4) is 23.0 Å². The van der Waals surface area contributed by atoms with Crippen LogP contribution in [-0.2, 0) is 9.53 Å². The van der Waals surface area contributed by atoms with Crippen LogP contribution in [0.5, 0.6) is 23.0 Å². The normalized spacial score (nSPS) is 14.4. The second kappa shape index (κ2) is 13.5. The number of thiazole rings is 1. The van der Waals surface area contributed by atoms with Crippen LogP contribution in [0.3, 0.4) is 0 Å². The van der Waals surface area contributed by atoms with Crippen LogP contribution >= 0.6 is 11.3 Å². The first kappa shape index (κ1) is 30.4. The lowest BCUT2D eigenvalue weighted by Crippen LogP contribution is -2.40. The largest absolute Gasteiger partial charge is 0.493 e. The van der Waals surface area contributed by atoms with Gasteiger partial charge in [-0.1, -0.05) is 72.5 Å². The average molecular weight is 613 g/mol. The van der Waals surface area contributed by atoms with Gasteiger partial charge in [0.25, 0.3) is 5.56 Å². The predicted molar refractivity (Wildman–Crippen MR) is 169 cm³/mol. The third-order valence-electron chi connectivity index (χ3n) is 6.96. The molecule has 1 aromatic heterocycles. The smallest absolute Gasteiger partial charge is 0.338 e. The van der Waals surface area contributed by atoms with Crippen molar-refractivity contribution >= 4 is 29.1 Å². The highest BCUT2D eigenvalue weighted by molar-refractivity contribution is 7.07. The highest BCUT2D eigenvalue weighted by atomic mass is 32.1. The summed E-state index contributed by atoms with van der Waals surface area (Å²) in [5.74, 6) is 1.40. The van der Waals surface area contributed by atoms with Gasteiger partial charge in [0.1, 0.15) is 6.61 Å². The van der Waals surface area contributed by atoms with E-state index in [1.165, 1.54) is 23.0 Å². The van der Waals surface area contributed by atoms with Crippen LogP contribution in [0.2, 0.25) is 0 Å². The molecule has 0 bridgehead atoms. The predicted octanol–water partition coefficient (Wildman–Crippen LogP) is 4.53. The Morgan fingerprint density at radius 2 is 1.73 bits per heavy atom. The van der Waals surface area contributed by atoms with Gasteiger partial charge in [0.05, 0.1) is 49.8 Å². The van der Waals surface area contributed by atoms with Crippen molar-refractivity contribution in [1.29, 1.82) is 0 Å². The molecule has 5 rings (SSSR count). The van der Waals surface area contributed by atoms with E-state index in [-0.39, 0.29) is 24.3 Å². The van der Waals surface area contributed by atoms with Gasteiger partial charge in [-0.3, -0.25) is 9.36 Å². The van der Waals surface area contributed by atoms with E-state index in [1.807, 2.05) is 42.5 Å². The zero-order valence-corrected chi connectivity index (χ0v) is 25.7. The van der Waals surface area contributed by atoms with Crippen LogP contribution in [0, 0.1) is 0 Å². The first-order valence-corrected chi connectivity index (χ1v) is 14.7. The quantitative estimate of drug-likeness (QED) is 0.181. The monoisotopic (exact) mass is 612 g/mol. The van der Waals surface area contributed by atoms with E-state index in [4.69, 9.17) is 28.7 Å². The zero-order chi connectivity index (χ0) is 31.2. The van der Waals surface area contributed by atoms with Gasteiger partial charge in [-0.2, -0.15) is 0 Å². The number of esters is 1. The number of methoxy groups -OCH3 is 3. The minimum absolute atomic E-state index is 0.150. The molecular formula is C34H32N2O7S. The molecule has 1 aliphatic rings. The first-order valence-electron chi connectivity index (χ1n) is 13.9. The van der Waals surface area contributed by atoms with Crippen molar-refractivity contribution in [2.24, 2.45) is 4.99 Å². The summed E-state index contributed by atoms with van der Waals surface area (Å²) in [4.78, 5) is 33.3. The van der Waals surface area contributed by atoms with Crippen LogP contribution < -0.4 is 33.8 Å². The molecule has 1 atom stereocenters. The summed E-state index contributed by atoms with van der Waals surface area (Å²) >= 11 is 1.21. The fourth-order valence-electron chi connectivity index (χ4n) is 5.02. The van der Waals surface area contributed by atoms with Gasteiger partial charge >= 0.3 is 5.97 Å².